The Labute approximate surface area is 192 Å². The molecule has 172 valence electrons. The van der Waals surface area contributed by atoms with Crippen molar-refractivity contribution in [1.29, 1.82) is 0 Å². The van der Waals surface area contributed by atoms with Crippen LogP contribution in [0.2, 0.25) is 5.02 Å². The molecule has 0 aliphatic heterocycles. The van der Waals surface area contributed by atoms with E-state index in [9.17, 15) is 23.3 Å². The molecule has 2 aromatic carbocycles. The Morgan fingerprint density at radius 1 is 1.16 bits per heavy atom. The fraction of sp³-hybridized carbons (Fsp3) is 0.409. The van der Waals surface area contributed by atoms with Crippen LogP contribution in [0.3, 0.4) is 0 Å². The van der Waals surface area contributed by atoms with Gasteiger partial charge in [-0.05, 0) is 42.5 Å². The van der Waals surface area contributed by atoms with Crippen LogP contribution in [0.4, 0.5) is 11.4 Å². The van der Waals surface area contributed by atoms with Crippen molar-refractivity contribution in [3.05, 3.63) is 68.7 Å². The maximum atomic E-state index is 12.4. The van der Waals surface area contributed by atoms with Gasteiger partial charge >= 0.3 is 0 Å². The number of nitrogens with zero attached hydrogens (tertiary/aromatic N) is 2. The van der Waals surface area contributed by atoms with E-state index in [1.165, 1.54) is 31.4 Å². The number of rotatable bonds is 8. The third kappa shape index (κ3) is 6.20. The molecule has 0 atom stereocenters. The highest BCUT2D eigenvalue weighted by atomic mass is 35.5. The molecule has 8 nitrogen and oxygen atoms in total. The van der Waals surface area contributed by atoms with E-state index in [2.05, 4.69) is 5.32 Å². The molecule has 1 fully saturated rings. The van der Waals surface area contributed by atoms with Crippen LogP contribution in [-0.2, 0) is 16.6 Å². The number of nitro benzene ring substituents is 1. The largest absolute Gasteiger partial charge is 0.352 e. The van der Waals surface area contributed by atoms with Crippen molar-refractivity contribution in [3.63, 3.8) is 0 Å². The lowest BCUT2D eigenvalue weighted by Gasteiger charge is -2.23. The van der Waals surface area contributed by atoms with Crippen LogP contribution in [0, 0.1) is 16.0 Å². The summed E-state index contributed by atoms with van der Waals surface area (Å²) in [6.07, 6.45) is 6.97. The topological polar surface area (TPSA) is 110 Å². The molecule has 0 aromatic heterocycles. The number of amides is 1. The Kier molecular flexibility index (Phi) is 7.73. The standard InChI is InChI=1S/C22H26ClN3O5S/c1-32(30,31)25(21-13-19(26(28)29)11-12-20(21)23)15-17-7-9-18(10-8-17)22(27)24-14-16-5-3-2-4-6-16/h7-13,16H,2-6,14-15H2,1H3,(H,24,27). The second-order valence-corrected chi connectivity index (χ2v) is 10.4. The molecule has 1 N–H and O–H groups in total. The maximum Gasteiger partial charge on any atom is 0.271 e. The van der Waals surface area contributed by atoms with Gasteiger partial charge in [0, 0.05) is 24.2 Å². The number of anilines is 1. The summed E-state index contributed by atoms with van der Waals surface area (Å²) >= 11 is 6.15. The fourth-order valence-corrected chi connectivity index (χ4v) is 5.01. The van der Waals surface area contributed by atoms with Crippen LogP contribution in [0.5, 0.6) is 0 Å². The Bertz CT molecular complexity index is 1080. The average Bonchev–Trinajstić information content (AvgIpc) is 2.76. The zero-order valence-electron chi connectivity index (χ0n) is 17.8. The first-order valence-corrected chi connectivity index (χ1v) is 12.7. The number of carbonyl (C=O) groups is 1. The quantitative estimate of drug-likeness (QED) is 0.442. The van der Waals surface area contributed by atoms with Crippen LogP contribution in [0.15, 0.2) is 42.5 Å². The summed E-state index contributed by atoms with van der Waals surface area (Å²) in [5.41, 5.74) is 0.867. The Balaban J connectivity index is 1.73. The SMILES string of the molecule is CS(=O)(=O)N(Cc1ccc(C(=O)NCC2CCCCC2)cc1)c1cc([N+](=O)[O-])ccc1Cl. The minimum Gasteiger partial charge on any atom is -0.352 e. The van der Waals surface area contributed by atoms with Crippen molar-refractivity contribution >= 4 is 38.9 Å². The summed E-state index contributed by atoms with van der Waals surface area (Å²) in [5, 5.41) is 14.2. The molecule has 0 saturated heterocycles. The van der Waals surface area contributed by atoms with Crippen molar-refractivity contribution in [2.45, 2.75) is 38.6 Å². The monoisotopic (exact) mass is 479 g/mol. The van der Waals surface area contributed by atoms with Gasteiger partial charge in [-0.1, -0.05) is 43.0 Å². The lowest BCUT2D eigenvalue weighted by Crippen LogP contribution is -2.30. The number of benzene rings is 2. The molecule has 1 aliphatic rings. The Morgan fingerprint density at radius 2 is 1.81 bits per heavy atom. The van der Waals surface area contributed by atoms with Crippen molar-refractivity contribution in [3.8, 4) is 0 Å². The molecule has 0 unspecified atom stereocenters. The van der Waals surface area contributed by atoms with E-state index >= 15 is 0 Å². The van der Waals surface area contributed by atoms with E-state index in [1.54, 1.807) is 24.3 Å². The van der Waals surface area contributed by atoms with Gasteiger partial charge in [0.05, 0.1) is 28.4 Å². The van der Waals surface area contributed by atoms with Gasteiger partial charge in [0.15, 0.2) is 0 Å². The zero-order valence-corrected chi connectivity index (χ0v) is 19.4. The predicted octanol–water partition coefficient (Wildman–Crippen LogP) is 4.52. The van der Waals surface area contributed by atoms with E-state index in [0.29, 0.717) is 23.6 Å². The summed E-state index contributed by atoms with van der Waals surface area (Å²) in [5.74, 6) is 0.360. The minimum absolute atomic E-state index is 0.0256. The van der Waals surface area contributed by atoms with Gasteiger partial charge in [0.2, 0.25) is 10.0 Å². The Morgan fingerprint density at radius 3 is 2.41 bits per heavy atom. The second kappa shape index (κ2) is 10.3. The molecule has 0 radical (unpaired) electrons. The molecule has 0 bridgehead atoms. The van der Waals surface area contributed by atoms with Crippen LogP contribution in [0.25, 0.3) is 0 Å². The minimum atomic E-state index is -3.78. The molecule has 1 saturated carbocycles. The van der Waals surface area contributed by atoms with Gasteiger partial charge in [-0.15, -0.1) is 0 Å². The van der Waals surface area contributed by atoms with E-state index in [1.807, 2.05) is 0 Å². The normalized spacial score (nSPS) is 14.7. The Hall–Kier alpha value is -2.65. The molecular formula is C22H26ClN3O5S. The average molecular weight is 480 g/mol. The second-order valence-electron chi connectivity index (χ2n) is 8.07. The first-order valence-electron chi connectivity index (χ1n) is 10.4. The lowest BCUT2D eigenvalue weighted by molar-refractivity contribution is -0.384. The van der Waals surface area contributed by atoms with Crippen LogP contribution < -0.4 is 9.62 Å². The van der Waals surface area contributed by atoms with E-state index < -0.39 is 14.9 Å². The highest BCUT2D eigenvalue weighted by molar-refractivity contribution is 7.92. The fourth-order valence-electron chi connectivity index (χ4n) is 3.84. The molecule has 3 rings (SSSR count). The van der Waals surface area contributed by atoms with E-state index in [-0.39, 0.29) is 28.8 Å². The molecule has 0 heterocycles. The van der Waals surface area contributed by atoms with E-state index in [4.69, 9.17) is 11.6 Å². The molecule has 1 aliphatic carbocycles. The molecule has 1 amide bonds. The van der Waals surface area contributed by atoms with Crippen LogP contribution >= 0.6 is 11.6 Å². The highest BCUT2D eigenvalue weighted by Crippen LogP contribution is 2.32. The number of nitrogens with one attached hydrogen (secondary N) is 1. The van der Waals surface area contributed by atoms with Crippen molar-refractivity contribution in [2.24, 2.45) is 5.92 Å². The number of hydrogen-bond donors (Lipinski definition) is 1. The van der Waals surface area contributed by atoms with Crippen molar-refractivity contribution < 1.29 is 18.1 Å². The zero-order chi connectivity index (χ0) is 23.3. The van der Waals surface area contributed by atoms with Crippen molar-refractivity contribution in [2.75, 3.05) is 17.1 Å². The number of sulfonamides is 1. The third-order valence-electron chi connectivity index (χ3n) is 5.63. The number of carbonyl (C=O) groups excluding carboxylic acids is 1. The number of halogens is 1. The summed E-state index contributed by atoms with van der Waals surface area (Å²) in [6.45, 7) is 0.581. The number of non-ortho nitro benzene ring substituents is 1. The van der Waals surface area contributed by atoms with Gasteiger partial charge in [-0.2, -0.15) is 0 Å². The molecule has 32 heavy (non-hydrogen) atoms. The molecule has 10 heteroatoms. The summed E-state index contributed by atoms with van der Waals surface area (Å²) in [7, 11) is -3.78. The first-order chi connectivity index (χ1) is 15.1. The number of hydrogen-bond acceptors (Lipinski definition) is 5. The van der Waals surface area contributed by atoms with Crippen LogP contribution in [0.1, 0.15) is 48.0 Å². The first kappa shape index (κ1) is 24.0. The number of nitro groups is 1. The summed E-state index contributed by atoms with van der Waals surface area (Å²) in [6, 6.07) is 10.3. The predicted molar refractivity (Wildman–Crippen MR) is 124 cm³/mol. The van der Waals surface area contributed by atoms with Gasteiger partial charge in [0.1, 0.15) is 0 Å². The smallest absolute Gasteiger partial charge is 0.271 e. The summed E-state index contributed by atoms with van der Waals surface area (Å²) in [4.78, 5) is 22.9. The van der Waals surface area contributed by atoms with Crippen molar-refractivity contribution in [1.82, 2.24) is 5.32 Å². The maximum absolute atomic E-state index is 12.4. The van der Waals surface area contributed by atoms with Gasteiger partial charge in [0.25, 0.3) is 11.6 Å². The van der Waals surface area contributed by atoms with Gasteiger partial charge < -0.3 is 5.32 Å². The van der Waals surface area contributed by atoms with Gasteiger partial charge in [-0.25, -0.2) is 8.42 Å². The molecule has 0 spiro atoms. The van der Waals surface area contributed by atoms with E-state index in [0.717, 1.165) is 29.5 Å². The lowest BCUT2D eigenvalue weighted by atomic mass is 9.89. The molecule has 2 aromatic rings. The highest BCUT2D eigenvalue weighted by Gasteiger charge is 2.23. The van der Waals surface area contributed by atoms with Gasteiger partial charge in [-0.3, -0.25) is 19.2 Å². The summed E-state index contributed by atoms with van der Waals surface area (Å²) < 4.78 is 25.8. The molecular weight excluding hydrogens is 454 g/mol. The third-order valence-corrected chi connectivity index (χ3v) is 7.07. The van der Waals surface area contributed by atoms with Crippen LogP contribution in [-0.4, -0.2) is 32.0 Å².